The molecule has 0 aliphatic carbocycles. The molecule has 0 radical (unpaired) electrons. The molecule has 5 rings (SSSR count). The highest BCUT2D eigenvalue weighted by molar-refractivity contribution is 5.82. The fraction of sp³-hybridized carbons (Fsp3) is 0.0952. The summed E-state index contributed by atoms with van der Waals surface area (Å²) in [6.07, 6.45) is 2.75. The second kappa shape index (κ2) is 7.45. The van der Waals surface area contributed by atoms with Crippen LogP contribution in [0.3, 0.4) is 0 Å². The van der Waals surface area contributed by atoms with Crippen LogP contribution in [0.1, 0.15) is 18.8 Å². The van der Waals surface area contributed by atoms with Crippen molar-refractivity contribution >= 4 is 27.9 Å². The predicted molar refractivity (Wildman–Crippen MR) is 111 cm³/mol. The SMILES string of the molecule is CC(Nc1ncnc2[nH]cnc12)c1nc2cccc(F)c2c(=O)n1-c1c(F)cccc1F. The second-order valence-corrected chi connectivity index (χ2v) is 7.00. The van der Waals surface area contributed by atoms with Gasteiger partial charge in [0, 0.05) is 0 Å². The molecule has 0 fully saturated rings. The standard InChI is InChI=1S/C21H14F3N7O/c1-10(29-19-16-18(26-8-25-16)27-9-28-19)20-30-14-7-3-4-11(22)15(14)21(32)31(20)17-12(23)5-2-6-13(17)24/h2-10H,1H3,(H2,25,26,27,28,29). The highest BCUT2D eigenvalue weighted by Gasteiger charge is 2.24. The third kappa shape index (κ3) is 3.06. The van der Waals surface area contributed by atoms with E-state index in [1.165, 1.54) is 30.9 Å². The molecule has 0 spiro atoms. The van der Waals surface area contributed by atoms with Crippen molar-refractivity contribution in [2.75, 3.05) is 5.32 Å². The Bertz CT molecular complexity index is 1530. The van der Waals surface area contributed by atoms with Gasteiger partial charge >= 0.3 is 0 Å². The first-order valence-corrected chi connectivity index (χ1v) is 9.52. The summed E-state index contributed by atoms with van der Waals surface area (Å²) in [4.78, 5) is 32.9. The second-order valence-electron chi connectivity index (χ2n) is 7.00. The number of aromatic amines is 1. The Kier molecular flexibility index (Phi) is 4.58. The maximum atomic E-state index is 14.7. The van der Waals surface area contributed by atoms with E-state index in [1.54, 1.807) is 6.92 Å². The van der Waals surface area contributed by atoms with Crippen molar-refractivity contribution in [2.24, 2.45) is 0 Å². The van der Waals surface area contributed by atoms with Gasteiger partial charge in [-0.15, -0.1) is 0 Å². The van der Waals surface area contributed by atoms with Gasteiger partial charge in [0.2, 0.25) is 0 Å². The Balaban J connectivity index is 1.76. The van der Waals surface area contributed by atoms with E-state index in [4.69, 9.17) is 0 Å². The van der Waals surface area contributed by atoms with Gasteiger partial charge in [-0.25, -0.2) is 33.1 Å². The molecule has 5 aromatic rings. The normalized spacial score (nSPS) is 12.4. The Hall–Kier alpha value is -4.28. The summed E-state index contributed by atoms with van der Waals surface area (Å²) in [6.45, 7) is 1.63. The van der Waals surface area contributed by atoms with Crippen LogP contribution >= 0.6 is 0 Å². The minimum Gasteiger partial charge on any atom is -0.358 e. The molecule has 0 aliphatic heterocycles. The molecular weight excluding hydrogens is 423 g/mol. The van der Waals surface area contributed by atoms with Crippen LogP contribution in [0, 0.1) is 17.5 Å². The number of rotatable bonds is 4. The van der Waals surface area contributed by atoms with Gasteiger partial charge in [-0.2, -0.15) is 0 Å². The number of imidazole rings is 1. The van der Waals surface area contributed by atoms with Crippen LogP contribution in [0.2, 0.25) is 0 Å². The molecule has 0 bridgehead atoms. The van der Waals surface area contributed by atoms with Crippen LogP contribution in [-0.2, 0) is 0 Å². The average molecular weight is 437 g/mol. The minimum absolute atomic E-state index is 0.0422. The van der Waals surface area contributed by atoms with Crippen LogP contribution in [0.25, 0.3) is 27.8 Å². The monoisotopic (exact) mass is 437 g/mol. The lowest BCUT2D eigenvalue weighted by Gasteiger charge is -2.20. The van der Waals surface area contributed by atoms with Crippen LogP contribution in [0.5, 0.6) is 0 Å². The third-order valence-electron chi connectivity index (χ3n) is 4.99. The summed E-state index contributed by atoms with van der Waals surface area (Å²) in [5.74, 6) is -2.55. The number of benzene rings is 2. The lowest BCUT2D eigenvalue weighted by molar-refractivity contribution is 0.557. The van der Waals surface area contributed by atoms with E-state index in [9.17, 15) is 18.0 Å². The molecule has 2 aromatic carbocycles. The maximum absolute atomic E-state index is 14.7. The van der Waals surface area contributed by atoms with Crippen LogP contribution in [0.4, 0.5) is 19.0 Å². The van der Waals surface area contributed by atoms with Gasteiger partial charge in [0.15, 0.2) is 11.5 Å². The zero-order valence-corrected chi connectivity index (χ0v) is 16.5. The lowest BCUT2D eigenvalue weighted by Crippen LogP contribution is -2.29. The number of H-pyrrole nitrogens is 1. The molecular formula is C21H14F3N7O. The predicted octanol–water partition coefficient (Wildman–Crippen LogP) is 3.64. The largest absolute Gasteiger partial charge is 0.358 e. The summed E-state index contributed by atoms with van der Waals surface area (Å²) < 4.78 is 44.6. The topological polar surface area (TPSA) is 101 Å². The van der Waals surface area contributed by atoms with Crippen molar-refractivity contribution in [1.29, 1.82) is 0 Å². The molecule has 0 saturated carbocycles. The minimum atomic E-state index is -0.991. The third-order valence-corrected chi connectivity index (χ3v) is 4.99. The summed E-state index contributed by atoms with van der Waals surface area (Å²) in [6, 6.07) is 6.34. The number of nitrogens with zero attached hydrogens (tertiary/aromatic N) is 5. The first kappa shape index (κ1) is 19.7. The zero-order chi connectivity index (χ0) is 22.4. The maximum Gasteiger partial charge on any atom is 0.269 e. The summed E-state index contributed by atoms with van der Waals surface area (Å²) >= 11 is 0. The van der Waals surface area contributed by atoms with Crippen molar-refractivity contribution in [1.82, 2.24) is 29.5 Å². The van der Waals surface area contributed by atoms with E-state index in [2.05, 4.69) is 30.2 Å². The van der Waals surface area contributed by atoms with Crippen molar-refractivity contribution in [2.45, 2.75) is 13.0 Å². The molecule has 2 N–H and O–H groups in total. The van der Waals surface area contributed by atoms with Gasteiger partial charge in [0.1, 0.15) is 46.2 Å². The first-order chi connectivity index (χ1) is 15.5. The molecule has 1 unspecified atom stereocenters. The molecule has 0 aliphatic rings. The average Bonchev–Trinajstić information content (AvgIpc) is 3.24. The van der Waals surface area contributed by atoms with Crippen LogP contribution in [0.15, 0.2) is 53.8 Å². The van der Waals surface area contributed by atoms with Gasteiger partial charge < -0.3 is 10.3 Å². The fourth-order valence-corrected chi connectivity index (χ4v) is 3.56. The quantitative estimate of drug-likeness (QED) is 0.445. The summed E-state index contributed by atoms with van der Waals surface area (Å²) in [5, 5.41) is 2.68. The van der Waals surface area contributed by atoms with Crippen molar-refractivity contribution < 1.29 is 13.2 Å². The lowest BCUT2D eigenvalue weighted by atomic mass is 10.2. The molecule has 3 aromatic heterocycles. The number of anilines is 1. The van der Waals surface area contributed by atoms with E-state index >= 15 is 0 Å². The van der Waals surface area contributed by atoms with Crippen LogP contribution in [-0.4, -0.2) is 29.5 Å². The molecule has 32 heavy (non-hydrogen) atoms. The Morgan fingerprint density at radius 2 is 1.72 bits per heavy atom. The summed E-state index contributed by atoms with van der Waals surface area (Å²) in [5.41, 5.74) is -0.628. The number of fused-ring (bicyclic) bond motifs is 2. The molecule has 3 heterocycles. The van der Waals surface area contributed by atoms with Crippen molar-refractivity contribution in [3.63, 3.8) is 0 Å². The number of para-hydroxylation sites is 1. The van der Waals surface area contributed by atoms with E-state index in [1.807, 2.05) is 0 Å². The van der Waals surface area contributed by atoms with E-state index in [-0.39, 0.29) is 16.7 Å². The molecule has 0 amide bonds. The number of halogens is 3. The van der Waals surface area contributed by atoms with E-state index < -0.39 is 34.7 Å². The number of hydrogen-bond acceptors (Lipinski definition) is 6. The summed E-state index contributed by atoms with van der Waals surface area (Å²) in [7, 11) is 0. The first-order valence-electron chi connectivity index (χ1n) is 9.52. The number of hydrogen-bond donors (Lipinski definition) is 2. The van der Waals surface area contributed by atoms with Crippen molar-refractivity contribution in [3.8, 4) is 5.69 Å². The van der Waals surface area contributed by atoms with E-state index in [0.717, 1.165) is 22.8 Å². The zero-order valence-electron chi connectivity index (χ0n) is 16.5. The van der Waals surface area contributed by atoms with Gasteiger partial charge in [-0.1, -0.05) is 12.1 Å². The molecule has 8 nitrogen and oxygen atoms in total. The highest BCUT2D eigenvalue weighted by Crippen LogP contribution is 2.26. The Labute approximate surface area is 177 Å². The fourth-order valence-electron chi connectivity index (χ4n) is 3.56. The number of aromatic nitrogens is 6. The van der Waals surface area contributed by atoms with Gasteiger partial charge in [0.25, 0.3) is 5.56 Å². The Morgan fingerprint density at radius 3 is 2.50 bits per heavy atom. The van der Waals surface area contributed by atoms with E-state index in [0.29, 0.717) is 17.0 Å². The smallest absolute Gasteiger partial charge is 0.269 e. The van der Waals surface area contributed by atoms with Gasteiger partial charge in [0.05, 0.1) is 17.9 Å². The molecule has 11 heteroatoms. The highest BCUT2D eigenvalue weighted by atomic mass is 19.1. The number of nitrogens with one attached hydrogen (secondary N) is 2. The van der Waals surface area contributed by atoms with Gasteiger partial charge in [-0.05, 0) is 31.2 Å². The Morgan fingerprint density at radius 1 is 1.00 bits per heavy atom. The molecule has 0 saturated heterocycles. The van der Waals surface area contributed by atoms with Gasteiger partial charge in [-0.3, -0.25) is 9.36 Å². The van der Waals surface area contributed by atoms with Crippen molar-refractivity contribution in [3.05, 3.63) is 82.7 Å². The molecule has 160 valence electrons. The molecule has 1 atom stereocenters. The van der Waals surface area contributed by atoms with Crippen LogP contribution < -0.4 is 10.9 Å².